The van der Waals surface area contributed by atoms with Crippen molar-refractivity contribution in [2.24, 2.45) is 0 Å². The monoisotopic (exact) mass is 401 g/mol. The van der Waals surface area contributed by atoms with E-state index >= 15 is 0 Å². The number of hydrogen-bond acceptors (Lipinski definition) is 5. The first-order chi connectivity index (χ1) is 13.9. The lowest BCUT2D eigenvalue weighted by Gasteiger charge is -2.19. The highest BCUT2D eigenvalue weighted by atomic mass is 16.5. The molecule has 2 atom stereocenters. The number of hydrogen-bond donors (Lipinski definition) is 2. The number of carbonyl (C=O) groups is 2. The minimum atomic E-state index is -1.06. The summed E-state index contributed by atoms with van der Waals surface area (Å²) in [4.78, 5) is 35.9. The fourth-order valence-electron chi connectivity index (χ4n) is 3.71. The van der Waals surface area contributed by atoms with Crippen LogP contribution >= 0.6 is 0 Å². The van der Waals surface area contributed by atoms with E-state index in [1.165, 1.54) is 0 Å². The SMILES string of the molecule is CCCC[C@@H](NC(=O)[C@H](C)Oc1ccc2c3c(c(=O)oc2c1)CCCC3)C(=O)O. The lowest BCUT2D eigenvalue weighted by Crippen LogP contribution is -2.46. The zero-order chi connectivity index (χ0) is 21.0. The molecule has 156 valence electrons. The highest BCUT2D eigenvalue weighted by Crippen LogP contribution is 2.29. The molecule has 0 saturated carbocycles. The standard InChI is InChI=1S/C22H27NO6/c1-3-4-9-18(21(25)26)23-20(24)13(2)28-14-10-11-16-15-7-5-6-8-17(15)22(27)29-19(16)12-14/h10-13,18H,3-9H2,1-2H3,(H,23,24)(H,25,26)/t13-,18+/m0/s1. The van der Waals surface area contributed by atoms with Gasteiger partial charge in [0.15, 0.2) is 6.10 Å². The van der Waals surface area contributed by atoms with Gasteiger partial charge in [-0.15, -0.1) is 0 Å². The molecular weight excluding hydrogens is 374 g/mol. The molecule has 29 heavy (non-hydrogen) atoms. The van der Waals surface area contributed by atoms with Crippen molar-refractivity contribution in [2.45, 2.75) is 70.9 Å². The third-order valence-corrected chi connectivity index (χ3v) is 5.34. The van der Waals surface area contributed by atoms with Crippen molar-refractivity contribution < 1.29 is 23.8 Å². The molecule has 1 aromatic carbocycles. The van der Waals surface area contributed by atoms with Gasteiger partial charge < -0.3 is 19.6 Å². The number of nitrogens with one attached hydrogen (secondary N) is 1. The highest BCUT2D eigenvalue weighted by molar-refractivity contribution is 5.86. The fourth-order valence-corrected chi connectivity index (χ4v) is 3.71. The number of rotatable bonds is 8. The van der Waals surface area contributed by atoms with Crippen molar-refractivity contribution >= 4 is 22.8 Å². The Morgan fingerprint density at radius 1 is 1.24 bits per heavy atom. The van der Waals surface area contributed by atoms with Crippen LogP contribution in [0.25, 0.3) is 11.0 Å². The number of aryl methyl sites for hydroxylation is 1. The fraction of sp³-hybridized carbons (Fsp3) is 0.500. The van der Waals surface area contributed by atoms with Gasteiger partial charge in [-0.05, 0) is 56.7 Å². The van der Waals surface area contributed by atoms with Gasteiger partial charge in [0.2, 0.25) is 0 Å². The van der Waals surface area contributed by atoms with Crippen molar-refractivity contribution in [3.63, 3.8) is 0 Å². The molecule has 1 aliphatic carbocycles. The molecule has 0 unspecified atom stereocenters. The van der Waals surface area contributed by atoms with Crippen LogP contribution in [0, 0.1) is 0 Å². The third-order valence-electron chi connectivity index (χ3n) is 5.34. The van der Waals surface area contributed by atoms with Crippen LogP contribution in [0.4, 0.5) is 0 Å². The maximum absolute atomic E-state index is 12.4. The van der Waals surface area contributed by atoms with Gasteiger partial charge in [0.1, 0.15) is 17.4 Å². The van der Waals surface area contributed by atoms with Crippen LogP contribution in [-0.2, 0) is 22.4 Å². The van der Waals surface area contributed by atoms with E-state index in [0.717, 1.165) is 48.6 Å². The Balaban J connectivity index is 1.74. The number of fused-ring (bicyclic) bond motifs is 3. The summed E-state index contributed by atoms with van der Waals surface area (Å²) in [7, 11) is 0. The number of amides is 1. The van der Waals surface area contributed by atoms with Crippen molar-refractivity contribution in [2.75, 3.05) is 0 Å². The third kappa shape index (κ3) is 4.78. The maximum atomic E-state index is 12.4. The van der Waals surface area contributed by atoms with Gasteiger partial charge in [-0.2, -0.15) is 0 Å². The van der Waals surface area contributed by atoms with Crippen LogP contribution in [0.5, 0.6) is 5.75 Å². The second kappa shape index (κ2) is 9.11. The average Bonchev–Trinajstić information content (AvgIpc) is 2.70. The molecule has 0 bridgehead atoms. The summed E-state index contributed by atoms with van der Waals surface area (Å²) in [6, 6.07) is 4.27. The number of benzene rings is 1. The van der Waals surface area contributed by atoms with Crippen LogP contribution in [0.1, 0.15) is 57.1 Å². The Labute approximate surface area is 169 Å². The van der Waals surface area contributed by atoms with Gasteiger partial charge in [0, 0.05) is 17.0 Å². The van der Waals surface area contributed by atoms with Gasteiger partial charge in [0.05, 0.1) is 0 Å². The average molecular weight is 401 g/mol. The number of unbranched alkanes of at least 4 members (excludes halogenated alkanes) is 1. The molecule has 0 aliphatic heterocycles. The summed E-state index contributed by atoms with van der Waals surface area (Å²) in [5.41, 5.74) is 1.93. The summed E-state index contributed by atoms with van der Waals surface area (Å²) in [5, 5.41) is 12.7. The Kier molecular flexibility index (Phi) is 6.56. The van der Waals surface area contributed by atoms with E-state index in [9.17, 15) is 19.5 Å². The summed E-state index contributed by atoms with van der Waals surface area (Å²) in [6.07, 6.45) is 4.67. The number of ether oxygens (including phenoxy) is 1. The normalized spacial score (nSPS) is 15.4. The Hall–Kier alpha value is -2.83. The van der Waals surface area contributed by atoms with E-state index in [4.69, 9.17) is 9.15 Å². The number of carboxylic acids is 1. The Morgan fingerprint density at radius 2 is 1.97 bits per heavy atom. The van der Waals surface area contributed by atoms with Crippen molar-refractivity contribution in [1.29, 1.82) is 0 Å². The van der Waals surface area contributed by atoms with Crippen LogP contribution in [0.2, 0.25) is 0 Å². The van der Waals surface area contributed by atoms with E-state index in [1.54, 1.807) is 19.1 Å². The predicted octanol–water partition coefficient (Wildman–Crippen LogP) is 3.20. The second-order valence-electron chi connectivity index (χ2n) is 7.51. The van der Waals surface area contributed by atoms with E-state index in [-0.39, 0.29) is 5.63 Å². The van der Waals surface area contributed by atoms with Crippen LogP contribution in [0.15, 0.2) is 27.4 Å². The first-order valence-corrected chi connectivity index (χ1v) is 10.2. The molecule has 1 amide bonds. The van der Waals surface area contributed by atoms with Crippen molar-refractivity contribution in [1.82, 2.24) is 5.32 Å². The molecule has 3 rings (SSSR count). The van der Waals surface area contributed by atoms with Gasteiger partial charge in [-0.3, -0.25) is 4.79 Å². The quantitative estimate of drug-likeness (QED) is 0.658. The number of carbonyl (C=O) groups excluding carboxylic acids is 1. The first kappa shape index (κ1) is 20.9. The molecular formula is C22H27NO6. The molecule has 1 heterocycles. The molecule has 7 nitrogen and oxygen atoms in total. The van der Waals surface area contributed by atoms with Gasteiger partial charge in [-0.25, -0.2) is 9.59 Å². The van der Waals surface area contributed by atoms with Gasteiger partial charge >= 0.3 is 11.6 Å². The maximum Gasteiger partial charge on any atom is 0.339 e. The minimum absolute atomic E-state index is 0.310. The Bertz CT molecular complexity index is 964. The van der Waals surface area contributed by atoms with Crippen molar-refractivity contribution in [3.8, 4) is 5.75 Å². The molecule has 2 N–H and O–H groups in total. The van der Waals surface area contributed by atoms with Gasteiger partial charge in [0.25, 0.3) is 5.91 Å². The number of carboxylic acid groups (broad SMARTS) is 1. The predicted molar refractivity (Wildman–Crippen MR) is 108 cm³/mol. The zero-order valence-corrected chi connectivity index (χ0v) is 16.8. The molecule has 2 aromatic rings. The van der Waals surface area contributed by atoms with E-state index in [0.29, 0.717) is 24.2 Å². The van der Waals surface area contributed by atoms with E-state index < -0.39 is 24.0 Å². The molecule has 0 radical (unpaired) electrons. The molecule has 1 aromatic heterocycles. The lowest BCUT2D eigenvalue weighted by molar-refractivity contribution is -0.143. The number of aliphatic carboxylic acids is 1. The minimum Gasteiger partial charge on any atom is -0.481 e. The molecule has 0 saturated heterocycles. The first-order valence-electron chi connectivity index (χ1n) is 10.2. The summed E-state index contributed by atoms with van der Waals surface area (Å²) in [6.45, 7) is 3.52. The molecule has 7 heteroatoms. The molecule has 0 spiro atoms. The van der Waals surface area contributed by atoms with E-state index in [1.807, 2.05) is 13.0 Å². The highest BCUT2D eigenvalue weighted by Gasteiger charge is 2.24. The molecule has 1 aliphatic rings. The lowest BCUT2D eigenvalue weighted by atomic mass is 9.91. The Morgan fingerprint density at radius 3 is 2.66 bits per heavy atom. The smallest absolute Gasteiger partial charge is 0.339 e. The van der Waals surface area contributed by atoms with Gasteiger partial charge in [-0.1, -0.05) is 19.8 Å². The van der Waals surface area contributed by atoms with E-state index in [2.05, 4.69) is 5.32 Å². The largest absolute Gasteiger partial charge is 0.481 e. The van der Waals surface area contributed by atoms with Crippen LogP contribution in [0.3, 0.4) is 0 Å². The van der Waals surface area contributed by atoms with Crippen molar-refractivity contribution in [3.05, 3.63) is 39.7 Å². The summed E-state index contributed by atoms with van der Waals surface area (Å²) < 4.78 is 11.2. The van der Waals surface area contributed by atoms with Crippen LogP contribution in [-0.4, -0.2) is 29.1 Å². The zero-order valence-electron chi connectivity index (χ0n) is 16.8. The van der Waals surface area contributed by atoms with Crippen LogP contribution < -0.4 is 15.7 Å². The summed E-state index contributed by atoms with van der Waals surface area (Å²) in [5.74, 6) is -1.17. The summed E-state index contributed by atoms with van der Waals surface area (Å²) >= 11 is 0. The molecule has 0 fully saturated rings. The topological polar surface area (TPSA) is 106 Å². The second-order valence-corrected chi connectivity index (χ2v) is 7.51.